The van der Waals surface area contributed by atoms with Gasteiger partial charge in [0.15, 0.2) is 0 Å². The minimum absolute atomic E-state index is 0.00876. The summed E-state index contributed by atoms with van der Waals surface area (Å²) in [5, 5.41) is 0. The smallest absolute Gasteiger partial charge is 0.243 e. The number of carbonyl (C=O) groups excluding carboxylic acids is 2. The van der Waals surface area contributed by atoms with Crippen molar-refractivity contribution in [3.8, 4) is 0 Å². The molecule has 0 bridgehead atoms. The number of nitrogens with zero attached hydrogens (tertiary/aromatic N) is 3. The van der Waals surface area contributed by atoms with Crippen LogP contribution in [0.2, 0.25) is 0 Å². The van der Waals surface area contributed by atoms with Crippen molar-refractivity contribution in [2.45, 2.75) is 32.4 Å². The standard InChI is InChI=1S/C26H28FN3O2/c1-2-14-29(24(31)18-20-9-4-3-5-10-20)19-25(32)30-17-16-28-15-8-13-23(28)26(30)21-11-6-7-12-22(21)27/h3-13,15,26H,2,14,16-19H2,1H3. The van der Waals surface area contributed by atoms with Crippen LogP contribution >= 0.6 is 0 Å². The van der Waals surface area contributed by atoms with Crippen LogP contribution in [0.25, 0.3) is 0 Å². The van der Waals surface area contributed by atoms with Gasteiger partial charge in [-0.1, -0.05) is 55.5 Å². The molecule has 0 saturated heterocycles. The number of carbonyl (C=O) groups is 2. The van der Waals surface area contributed by atoms with E-state index < -0.39 is 6.04 Å². The van der Waals surface area contributed by atoms with E-state index in [1.165, 1.54) is 6.07 Å². The molecule has 2 aromatic carbocycles. The molecule has 0 radical (unpaired) electrons. The van der Waals surface area contributed by atoms with Crippen LogP contribution in [-0.2, 0) is 22.6 Å². The summed E-state index contributed by atoms with van der Waals surface area (Å²) in [6.07, 6.45) is 2.97. The van der Waals surface area contributed by atoms with Gasteiger partial charge >= 0.3 is 0 Å². The summed E-state index contributed by atoms with van der Waals surface area (Å²) in [5.74, 6) is -0.578. The largest absolute Gasteiger partial charge is 0.348 e. The van der Waals surface area contributed by atoms with Crippen LogP contribution in [0.3, 0.4) is 0 Å². The number of amides is 2. The molecule has 1 atom stereocenters. The molecule has 0 aliphatic carbocycles. The molecule has 0 fully saturated rings. The third kappa shape index (κ3) is 4.59. The number of rotatable bonds is 7. The quantitative estimate of drug-likeness (QED) is 0.565. The van der Waals surface area contributed by atoms with Crippen LogP contribution in [0.1, 0.15) is 36.2 Å². The molecular weight excluding hydrogens is 405 g/mol. The van der Waals surface area contributed by atoms with Crippen molar-refractivity contribution in [3.63, 3.8) is 0 Å². The molecule has 32 heavy (non-hydrogen) atoms. The van der Waals surface area contributed by atoms with Gasteiger partial charge in [0.2, 0.25) is 11.8 Å². The lowest BCUT2D eigenvalue weighted by molar-refractivity contribution is -0.141. The van der Waals surface area contributed by atoms with Crippen molar-refractivity contribution < 1.29 is 14.0 Å². The molecule has 4 rings (SSSR count). The first kappa shape index (κ1) is 21.8. The van der Waals surface area contributed by atoms with E-state index in [-0.39, 0.29) is 30.6 Å². The first-order valence-corrected chi connectivity index (χ1v) is 11.1. The monoisotopic (exact) mass is 433 g/mol. The van der Waals surface area contributed by atoms with Crippen molar-refractivity contribution >= 4 is 11.8 Å². The van der Waals surface area contributed by atoms with Crippen LogP contribution in [0.15, 0.2) is 72.9 Å². The van der Waals surface area contributed by atoms with Crippen LogP contribution in [0.4, 0.5) is 4.39 Å². The molecule has 2 amide bonds. The Kier molecular flexibility index (Phi) is 6.69. The SMILES string of the molecule is CCCN(CC(=O)N1CCn2cccc2C1c1ccccc1F)C(=O)Cc1ccccc1. The van der Waals surface area contributed by atoms with Crippen LogP contribution in [0, 0.1) is 5.82 Å². The summed E-state index contributed by atoms with van der Waals surface area (Å²) in [7, 11) is 0. The highest BCUT2D eigenvalue weighted by molar-refractivity contribution is 5.86. The normalized spacial score (nSPS) is 15.3. The van der Waals surface area contributed by atoms with Gasteiger partial charge in [0.05, 0.1) is 13.0 Å². The summed E-state index contributed by atoms with van der Waals surface area (Å²) < 4.78 is 16.8. The van der Waals surface area contributed by atoms with E-state index in [2.05, 4.69) is 4.57 Å². The molecule has 166 valence electrons. The molecule has 1 unspecified atom stereocenters. The van der Waals surface area contributed by atoms with E-state index in [1.807, 2.05) is 55.6 Å². The van der Waals surface area contributed by atoms with Gasteiger partial charge in [0, 0.05) is 37.1 Å². The van der Waals surface area contributed by atoms with Crippen molar-refractivity contribution in [3.05, 3.63) is 95.6 Å². The first-order chi connectivity index (χ1) is 15.6. The highest BCUT2D eigenvalue weighted by atomic mass is 19.1. The maximum Gasteiger partial charge on any atom is 0.243 e. The average molecular weight is 434 g/mol. The van der Waals surface area contributed by atoms with Gasteiger partial charge in [-0.3, -0.25) is 9.59 Å². The number of aromatic nitrogens is 1. The fraction of sp³-hybridized carbons (Fsp3) is 0.308. The van der Waals surface area contributed by atoms with Crippen LogP contribution < -0.4 is 0 Å². The van der Waals surface area contributed by atoms with E-state index in [4.69, 9.17) is 0 Å². The second-order valence-corrected chi connectivity index (χ2v) is 8.12. The lowest BCUT2D eigenvalue weighted by Crippen LogP contribution is -2.48. The zero-order chi connectivity index (χ0) is 22.5. The molecule has 0 N–H and O–H groups in total. The van der Waals surface area contributed by atoms with E-state index in [0.717, 1.165) is 17.7 Å². The van der Waals surface area contributed by atoms with Crippen molar-refractivity contribution in [1.82, 2.24) is 14.4 Å². The number of hydrogen-bond donors (Lipinski definition) is 0. The van der Waals surface area contributed by atoms with Gasteiger partial charge < -0.3 is 14.4 Å². The summed E-state index contributed by atoms with van der Waals surface area (Å²) in [6.45, 7) is 3.59. The Balaban J connectivity index is 1.57. The lowest BCUT2D eigenvalue weighted by Gasteiger charge is -2.38. The Bertz CT molecular complexity index is 1080. The Morgan fingerprint density at radius 3 is 2.50 bits per heavy atom. The van der Waals surface area contributed by atoms with Crippen molar-refractivity contribution in [2.24, 2.45) is 0 Å². The predicted octanol–water partition coefficient (Wildman–Crippen LogP) is 4.04. The van der Waals surface area contributed by atoms with E-state index in [0.29, 0.717) is 25.2 Å². The Morgan fingerprint density at radius 2 is 1.75 bits per heavy atom. The first-order valence-electron chi connectivity index (χ1n) is 11.1. The second kappa shape index (κ2) is 9.81. The molecule has 1 aromatic heterocycles. The summed E-state index contributed by atoms with van der Waals surface area (Å²) in [4.78, 5) is 29.8. The molecule has 1 aliphatic rings. The van der Waals surface area contributed by atoms with Crippen LogP contribution in [0.5, 0.6) is 0 Å². The average Bonchev–Trinajstić information content (AvgIpc) is 3.28. The van der Waals surface area contributed by atoms with E-state index in [9.17, 15) is 14.0 Å². The van der Waals surface area contributed by atoms with Crippen molar-refractivity contribution in [1.29, 1.82) is 0 Å². The molecule has 6 heteroatoms. The van der Waals surface area contributed by atoms with E-state index >= 15 is 0 Å². The molecule has 0 saturated carbocycles. The second-order valence-electron chi connectivity index (χ2n) is 8.12. The van der Waals surface area contributed by atoms with Crippen LogP contribution in [-0.4, -0.2) is 45.8 Å². The highest BCUT2D eigenvalue weighted by Crippen LogP contribution is 2.33. The fourth-order valence-corrected chi connectivity index (χ4v) is 4.37. The number of fused-ring (bicyclic) bond motifs is 1. The zero-order valence-corrected chi connectivity index (χ0v) is 18.3. The molecule has 2 heterocycles. The highest BCUT2D eigenvalue weighted by Gasteiger charge is 2.34. The fourth-order valence-electron chi connectivity index (χ4n) is 4.37. The number of hydrogen-bond acceptors (Lipinski definition) is 2. The van der Waals surface area contributed by atoms with Gasteiger partial charge in [-0.05, 0) is 30.2 Å². The zero-order valence-electron chi connectivity index (χ0n) is 18.3. The van der Waals surface area contributed by atoms with Gasteiger partial charge in [-0.2, -0.15) is 0 Å². The van der Waals surface area contributed by atoms with Gasteiger partial charge in [-0.25, -0.2) is 4.39 Å². The molecule has 5 nitrogen and oxygen atoms in total. The van der Waals surface area contributed by atoms with Gasteiger partial charge in [-0.15, -0.1) is 0 Å². The lowest BCUT2D eigenvalue weighted by atomic mass is 9.99. The molecule has 1 aliphatic heterocycles. The molecule has 0 spiro atoms. The Hall–Kier alpha value is -3.41. The summed E-state index contributed by atoms with van der Waals surface area (Å²) in [5.41, 5.74) is 2.27. The maximum absolute atomic E-state index is 14.8. The van der Waals surface area contributed by atoms with E-state index in [1.54, 1.807) is 28.0 Å². The minimum atomic E-state index is -0.514. The summed E-state index contributed by atoms with van der Waals surface area (Å²) in [6, 6.07) is 19.5. The third-order valence-electron chi connectivity index (χ3n) is 5.93. The minimum Gasteiger partial charge on any atom is -0.348 e. The van der Waals surface area contributed by atoms with Gasteiger partial charge in [0.25, 0.3) is 0 Å². The molecular formula is C26H28FN3O2. The Morgan fingerprint density at radius 1 is 1.00 bits per heavy atom. The topological polar surface area (TPSA) is 45.6 Å². The summed E-state index contributed by atoms with van der Waals surface area (Å²) >= 11 is 0. The van der Waals surface area contributed by atoms with Crippen molar-refractivity contribution in [2.75, 3.05) is 19.6 Å². The predicted molar refractivity (Wildman–Crippen MR) is 121 cm³/mol. The maximum atomic E-state index is 14.8. The molecule has 3 aromatic rings. The van der Waals surface area contributed by atoms with Gasteiger partial charge in [0.1, 0.15) is 11.9 Å². The third-order valence-corrected chi connectivity index (χ3v) is 5.93. The number of halogens is 1. The Labute approximate surface area is 188 Å². The number of benzene rings is 2.